The quantitative estimate of drug-likeness (QED) is 0.263. The molecule has 2 saturated heterocycles. The molecule has 0 aromatic heterocycles. The van der Waals surface area contributed by atoms with Crippen LogP contribution >= 0.6 is 35.6 Å². The highest BCUT2D eigenvalue weighted by molar-refractivity contribution is 14.0. The van der Waals surface area contributed by atoms with Crippen LogP contribution in [0.2, 0.25) is 5.02 Å². The number of rotatable bonds is 5. The number of methoxy groups -OCH3 is 1. The first-order valence-corrected chi connectivity index (χ1v) is 10.5. The molecule has 30 heavy (non-hydrogen) atoms. The molecule has 0 spiro atoms. The predicted molar refractivity (Wildman–Crippen MR) is 130 cm³/mol. The number of hydrogen-bond donors (Lipinski definition) is 1. The zero-order valence-electron chi connectivity index (χ0n) is 17.8. The SMILES string of the molecule is CN=C(NCC(c1cccc(Cl)c1)N1CCOCC1)N1CC(C)C(C(=O)OC)C1.I. The van der Waals surface area contributed by atoms with Crippen LogP contribution < -0.4 is 5.32 Å². The molecule has 0 radical (unpaired) electrons. The van der Waals surface area contributed by atoms with Gasteiger partial charge in [-0.25, -0.2) is 0 Å². The predicted octanol–water partition coefficient (Wildman–Crippen LogP) is 2.65. The fourth-order valence-electron chi connectivity index (χ4n) is 4.18. The van der Waals surface area contributed by atoms with E-state index >= 15 is 0 Å². The van der Waals surface area contributed by atoms with Crippen molar-refractivity contribution in [2.75, 3.05) is 60.1 Å². The minimum absolute atomic E-state index is 0. The van der Waals surface area contributed by atoms with Gasteiger partial charge in [-0.1, -0.05) is 30.7 Å². The Morgan fingerprint density at radius 3 is 2.73 bits per heavy atom. The van der Waals surface area contributed by atoms with Gasteiger partial charge < -0.3 is 19.7 Å². The highest BCUT2D eigenvalue weighted by Gasteiger charge is 2.37. The number of likely N-dealkylation sites (tertiary alicyclic amines) is 1. The van der Waals surface area contributed by atoms with Gasteiger partial charge in [-0.05, 0) is 23.6 Å². The Bertz CT molecular complexity index is 730. The molecule has 0 aliphatic carbocycles. The van der Waals surface area contributed by atoms with E-state index in [1.54, 1.807) is 7.05 Å². The first-order chi connectivity index (χ1) is 14.0. The Kier molecular flexibility index (Phi) is 10.1. The summed E-state index contributed by atoms with van der Waals surface area (Å²) in [5.41, 5.74) is 1.17. The molecule has 0 bridgehead atoms. The first kappa shape index (κ1) is 25.2. The Labute approximate surface area is 201 Å². The van der Waals surface area contributed by atoms with Crippen molar-refractivity contribution in [2.24, 2.45) is 16.8 Å². The minimum atomic E-state index is -0.152. The maximum absolute atomic E-state index is 12.0. The lowest BCUT2D eigenvalue weighted by molar-refractivity contribution is -0.145. The molecule has 2 fully saturated rings. The van der Waals surface area contributed by atoms with Gasteiger partial charge in [-0.2, -0.15) is 0 Å². The van der Waals surface area contributed by atoms with E-state index in [1.807, 2.05) is 18.2 Å². The lowest BCUT2D eigenvalue weighted by atomic mass is 9.99. The third-order valence-electron chi connectivity index (χ3n) is 5.80. The van der Waals surface area contributed by atoms with E-state index in [2.05, 4.69) is 33.1 Å². The summed E-state index contributed by atoms with van der Waals surface area (Å²) in [5.74, 6) is 0.759. The maximum Gasteiger partial charge on any atom is 0.310 e. The van der Waals surface area contributed by atoms with Crippen LogP contribution in [0.25, 0.3) is 0 Å². The summed E-state index contributed by atoms with van der Waals surface area (Å²) < 4.78 is 10.5. The van der Waals surface area contributed by atoms with Crippen molar-refractivity contribution in [1.29, 1.82) is 0 Å². The molecule has 2 heterocycles. The van der Waals surface area contributed by atoms with E-state index in [0.29, 0.717) is 13.1 Å². The lowest BCUT2D eigenvalue weighted by Crippen LogP contribution is -2.47. The van der Waals surface area contributed by atoms with Crippen LogP contribution in [-0.4, -0.2) is 81.8 Å². The number of nitrogens with one attached hydrogen (secondary N) is 1. The number of guanidine groups is 1. The van der Waals surface area contributed by atoms with Gasteiger partial charge >= 0.3 is 5.97 Å². The number of benzene rings is 1. The minimum Gasteiger partial charge on any atom is -0.469 e. The molecule has 2 aliphatic rings. The van der Waals surface area contributed by atoms with Gasteiger partial charge in [0.1, 0.15) is 0 Å². The molecule has 168 valence electrons. The number of nitrogens with zero attached hydrogens (tertiary/aromatic N) is 3. The second-order valence-corrected chi connectivity index (χ2v) is 8.10. The number of carbonyl (C=O) groups is 1. The van der Waals surface area contributed by atoms with Crippen LogP contribution in [0.3, 0.4) is 0 Å². The summed E-state index contributed by atoms with van der Waals surface area (Å²) in [5, 5.41) is 4.26. The fraction of sp³-hybridized carbons (Fsp3) is 0.619. The van der Waals surface area contributed by atoms with Crippen molar-refractivity contribution in [2.45, 2.75) is 13.0 Å². The van der Waals surface area contributed by atoms with E-state index in [1.165, 1.54) is 12.7 Å². The van der Waals surface area contributed by atoms with Crippen LogP contribution in [0, 0.1) is 11.8 Å². The number of esters is 1. The number of aliphatic imine (C=N–C) groups is 1. The van der Waals surface area contributed by atoms with Gasteiger partial charge in [-0.15, -0.1) is 24.0 Å². The van der Waals surface area contributed by atoms with E-state index in [0.717, 1.165) is 43.8 Å². The summed E-state index contributed by atoms with van der Waals surface area (Å²) >= 11 is 6.26. The zero-order valence-corrected chi connectivity index (χ0v) is 20.9. The number of ether oxygens (including phenoxy) is 2. The molecule has 1 aromatic carbocycles. The van der Waals surface area contributed by atoms with Gasteiger partial charge in [0.2, 0.25) is 0 Å². The van der Waals surface area contributed by atoms with Gasteiger partial charge in [-0.3, -0.25) is 14.7 Å². The molecular formula is C21H32ClIN4O3. The molecule has 1 N–H and O–H groups in total. The van der Waals surface area contributed by atoms with Crippen LogP contribution in [0.5, 0.6) is 0 Å². The standard InChI is InChI=1S/C21H31ClN4O3.HI/c1-15-13-26(14-18(15)20(27)28-3)21(23-2)24-12-19(25-7-9-29-10-8-25)16-5-4-6-17(22)11-16;/h4-6,11,15,18-19H,7-10,12-14H2,1-3H3,(H,23,24);1H. The number of hydrogen-bond acceptors (Lipinski definition) is 5. The monoisotopic (exact) mass is 550 g/mol. The van der Waals surface area contributed by atoms with E-state index < -0.39 is 0 Å². The van der Waals surface area contributed by atoms with Crippen molar-refractivity contribution in [1.82, 2.24) is 15.1 Å². The zero-order chi connectivity index (χ0) is 20.8. The maximum atomic E-state index is 12.0. The lowest BCUT2D eigenvalue weighted by Gasteiger charge is -2.35. The largest absolute Gasteiger partial charge is 0.469 e. The molecule has 1 aromatic rings. The highest BCUT2D eigenvalue weighted by atomic mass is 127. The van der Waals surface area contributed by atoms with Crippen LogP contribution in [-0.2, 0) is 14.3 Å². The Morgan fingerprint density at radius 1 is 1.37 bits per heavy atom. The van der Waals surface area contributed by atoms with Crippen molar-refractivity contribution < 1.29 is 14.3 Å². The van der Waals surface area contributed by atoms with E-state index in [4.69, 9.17) is 21.1 Å². The average molecular weight is 551 g/mol. The first-order valence-electron chi connectivity index (χ1n) is 10.1. The highest BCUT2D eigenvalue weighted by Crippen LogP contribution is 2.26. The number of carbonyl (C=O) groups excluding carboxylic acids is 1. The third-order valence-corrected chi connectivity index (χ3v) is 6.04. The second-order valence-electron chi connectivity index (χ2n) is 7.66. The van der Waals surface area contributed by atoms with Crippen molar-refractivity contribution >= 4 is 47.5 Å². The Morgan fingerprint density at radius 2 is 2.10 bits per heavy atom. The summed E-state index contributed by atoms with van der Waals surface area (Å²) in [6, 6.07) is 8.18. The normalized spacial score (nSPS) is 23.6. The van der Waals surface area contributed by atoms with Crippen LogP contribution in [0.15, 0.2) is 29.3 Å². The number of morpholine rings is 1. The van der Waals surface area contributed by atoms with Gasteiger partial charge in [0.15, 0.2) is 5.96 Å². The molecule has 9 heteroatoms. The molecular weight excluding hydrogens is 519 g/mol. The van der Waals surface area contributed by atoms with Crippen LogP contribution in [0.1, 0.15) is 18.5 Å². The summed E-state index contributed by atoms with van der Waals surface area (Å²) in [4.78, 5) is 21.0. The smallest absolute Gasteiger partial charge is 0.310 e. The van der Waals surface area contributed by atoms with Crippen LogP contribution in [0.4, 0.5) is 0 Å². The van der Waals surface area contributed by atoms with Gasteiger partial charge in [0, 0.05) is 44.8 Å². The second kappa shape index (κ2) is 12.1. The van der Waals surface area contributed by atoms with Crippen molar-refractivity contribution in [3.8, 4) is 0 Å². The fourth-order valence-corrected chi connectivity index (χ4v) is 4.38. The summed E-state index contributed by atoms with van der Waals surface area (Å²) in [7, 11) is 3.23. The van der Waals surface area contributed by atoms with Crippen molar-refractivity contribution in [3.63, 3.8) is 0 Å². The molecule has 3 rings (SSSR count). The third kappa shape index (κ3) is 6.21. The Hall–Kier alpha value is -1.10. The summed E-state index contributed by atoms with van der Waals surface area (Å²) in [6.07, 6.45) is 0. The Balaban J connectivity index is 0.00000320. The molecule has 2 aliphatic heterocycles. The van der Waals surface area contributed by atoms with Gasteiger partial charge in [0.25, 0.3) is 0 Å². The van der Waals surface area contributed by atoms with Gasteiger partial charge in [0.05, 0.1) is 32.3 Å². The number of halogens is 2. The van der Waals surface area contributed by atoms with Crippen molar-refractivity contribution in [3.05, 3.63) is 34.9 Å². The topological polar surface area (TPSA) is 66.4 Å². The molecule has 0 amide bonds. The van der Waals surface area contributed by atoms with E-state index in [9.17, 15) is 4.79 Å². The van der Waals surface area contributed by atoms with E-state index in [-0.39, 0.29) is 47.8 Å². The molecule has 3 atom stereocenters. The molecule has 0 saturated carbocycles. The molecule has 7 nitrogen and oxygen atoms in total. The average Bonchev–Trinajstić information content (AvgIpc) is 3.12. The molecule has 3 unspecified atom stereocenters. The summed E-state index contributed by atoms with van der Waals surface area (Å²) in [6.45, 7) is 7.39.